The molecule has 0 saturated heterocycles. The minimum absolute atomic E-state index is 0.0189. The standard InChI is InChI=1S/C23H22N2O3S/c1-14-4-3-5-20(21(14)16-8-9-29-13-16)22(26)24-18-7-6-15-10-19(12-17(15)11-18)25-23(27)28-2/h3-9,11,13,19H,10,12H2,1-2H3,(H,24,26)(H,25,27). The molecule has 2 N–H and O–H groups in total. The van der Waals surface area contributed by atoms with Gasteiger partial charge in [-0.05, 0) is 82.6 Å². The van der Waals surface area contributed by atoms with Crippen LogP contribution in [0.3, 0.4) is 0 Å². The smallest absolute Gasteiger partial charge is 0.407 e. The van der Waals surface area contributed by atoms with Crippen LogP contribution >= 0.6 is 11.3 Å². The van der Waals surface area contributed by atoms with Crippen molar-refractivity contribution in [2.45, 2.75) is 25.8 Å². The van der Waals surface area contributed by atoms with Gasteiger partial charge in [0, 0.05) is 17.3 Å². The summed E-state index contributed by atoms with van der Waals surface area (Å²) in [6.45, 7) is 2.02. The molecule has 0 spiro atoms. The molecule has 4 rings (SSSR count). The van der Waals surface area contributed by atoms with E-state index in [0.29, 0.717) is 5.56 Å². The molecule has 5 nitrogen and oxygen atoms in total. The molecular weight excluding hydrogens is 384 g/mol. The Bertz CT molecular complexity index is 1060. The molecule has 1 aliphatic carbocycles. The van der Waals surface area contributed by atoms with Crippen LogP contribution in [0.4, 0.5) is 10.5 Å². The molecule has 1 heterocycles. The van der Waals surface area contributed by atoms with Gasteiger partial charge in [0.05, 0.1) is 7.11 Å². The van der Waals surface area contributed by atoms with E-state index in [9.17, 15) is 9.59 Å². The van der Waals surface area contributed by atoms with Crippen LogP contribution in [0.5, 0.6) is 0 Å². The number of aryl methyl sites for hydroxylation is 1. The number of carbonyl (C=O) groups excluding carboxylic acids is 2. The largest absolute Gasteiger partial charge is 0.453 e. The summed E-state index contributed by atoms with van der Waals surface area (Å²) < 4.78 is 4.68. The lowest BCUT2D eigenvalue weighted by molar-refractivity contribution is 0.102. The summed E-state index contributed by atoms with van der Waals surface area (Å²) in [7, 11) is 1.36. The van der Waals surface area contributed by atoms with Gasteiger partial charge in [0.25, 0.3) is 5.91 Å². The summed E-state index contributed by atoms with van der Waals surface area (Å²) in [6, 6.07) is 13.8. The van der Waals surface area contributed by atoms with Crippen LogP contribution in [0, 0.1) is 6.92 Å². The Morgan fingerprint density at radius 1 is 1.10 bits per heavy atom. The van der Waals surface area contributed by atoms with E-state index in [4.69, 9.17) is 0 Å². The zero-order chi connectivity index (χ0) is 20.4. The van der Waals surface area contributed by atoms with Crippen molar-refractivity contribution in [3.63, 3.8) is 0 Å². The zero-order valence-electron chi connectivity index (χ0n) is 16.3. The molecule has 1 atom stereocenters. The van der Waals surface area contributed by atoms with E-state index >= 15 is 0 Å². The molecular formula is C23H22N2O3S. The second-order valence-electron chi connectivity index (χ2n) is 7.19. The van der Waals surface area contributed by atoms with Gasteiger partial charge in [-0.25, -0.2) is 4.79 Å². The first kappa shape index (κ1) is 19.2. The highest BCUT2D eigenvalue weighted by Crippen LogP contribution is 2.31. The number of benzene rings is 2. The van der Waals surface area contributed by atoms with E-state index in [1.807, 2.05) is 54.8 Å². The Labute approximate surface area is 173 Å². The average Bonchev–Trinajstić information content (AvgIpc) is 3.36. The Morgan fingerprint density at radius 2 is 1.93 bits per heavy atom. The fourth-order valence-corrected chi connectivity index (χ4v) is 4.52. The Morgan fingerprint density at radius 3 is 2.69 bits per heavy atom. The van der Waals surface area contributed by atoms with E-state index in [1.54, 1.807) is 11.3 Å². The van der Waals surface area contributed by atoms with E-state index in [-0.39, 0.29) is 11.9 Å². The third-order valence-corrected chi connectivity index (χ3v) is 5.91. The molecule has 0 radical (unpaired) electrons. The normalized spacial score (nSPS) is 14.9. The fraction of sp³-hybridized carbons (Fsp3) is 0.217. The highest BCUT2D eigenvalue weighted by molar-refractivity contribution is 7.08. The second-order valence-corrected chi connectivity index (χ2v) is 7.97. The van der Waals surface area contributed by atoms with Crippen molar-refractivity contribution in [1.82, 2.24) is 5.32 Å². The maximum Gasteiger partial charge on any atom is 0.407 e. The van der Waals surface area contributed by atoms with Gasteiger partial charge in [-0.15, -0.1) is 0 Å². The highest BCUT2D eigenvalue weighted by Gasteiger charge is 2.24. The number of hydrogen-bond acceptors (Lipinski definition) is 4. The monoisotopic (exact) mass is 406 g/mol. The first-order chi connectivity index (χ1) is 14.0. The van der Waals surface area contributed by atoms with Crippen molar-refractivity contribution in [2.24, 2.45) is 0 Å². The van der Waals surface area contributed by atoms with E-state index in [0.717, 1.165) is 40.8 Å². The Kier molecular flexibility index (Phi) is 5.36. The van der Waals surface area contributed by atoms with Crippen molar-refractivity contribution in [3.8, 4) is 11.1 Å². The maximum atomic E-state index is 13.0. The van der Waals surface area contributed by atoms with Gasteiger partial charge in [0.15, 0.2) is 0 Å². The number of methoxy groups -OCH3 is 1. The van der Waals surface area contributed by atoms with Crippen molar-refractivity contribution in [3.05, 3.63) is 75.5 Å². The summed E-state index contributed by atoms with van der Waals surface area (Å²) in [5.41, 5.74) is 6.82. The van der Waals surface area contributed by atoms with Crippen LogP contribution in [-0.2, 0) is 17.6 Å². The third kappa shape index (κ3) is 4.03. The number of thiophene rings is 1. The van der Waals surface area contributed by atoms with E-state index in [1.165, 1.54) is 12.7 Å². The maximum absolute atomic E-state index is 13.0. The number of rotatable bonds is 4. The van der Waals surface area contributed by atoms with Gasteiger partial charge in [-0.2, -0.15) is 11.3 Å². The van der Waals surface area contributed by atoms with Crippen LogP contribution in [0.25, 0.3) is 11.1 Å². The number of alkyl carbamates (subject to hydrolysis) is 1. The van der Waals surface area contributed by atoms with Crippen molar-refractivity contribution in [1.29, 1.82) is 0 Å². The lowest BCUT2D eigenvalue weighted by Gasteiger charge is -2.13. The number of hydrogen-bond donors (Lipinski definition) is 2. The molecule has 0 saturated carbocycles. The van der Waals surface area contributed by atoms with Crippen LogP contribution < -0.4 is 10.6 Å². The number of fused-ring (bicyclic) bond motifs is 1. The van der Waals surface area contributed by atoms with Crippen molar-refractivity contribution >= 4 is 29.0 Å². The molecule has 3 aromatic rings. The molecule has 29 heavy (non-hydrogen) atoms. The van der Waals surface area contributed by atoms with Crippen LogP contribution in [0.2, 0.25) is 0 Å². The topological polar surface area (TPSA) is 67.4 Å². The third-order valence-electron chi connectivity index (χ3n) is 5.23. The molecule has 0 bridgehead atoms. The molecule has 1 unspecified atom stereocenters. The van der Waals surface area contributed by atoms with Crippen molar-refractivity contribution in [2.75, 3.05) is 12.4 Å². The predicted molar refractivity (Wildman–Crippen MR) is 116 cm³/mol. The van der Waals surface area contributed by atoms with Gasteiger partial charge < -0.3 is 15.4 Å². The Balaban J connectivity index is 1.54. The lowest BCUT2D eigenvalue weighted by Crippen LogP contribution is -2.35. The van der Waals surface area contributed by atoms with Gasteiger partial charge in [0.2, 0.25) is 0 Å². The van der Waals surface area contributed by atoms with Gasteiger partial charge in [-0.3, -0.25) is 4.79 Å². The number of ether oxygens (including phenoxy) is 1. The molecule has 148 valence electrons. The summed E-state index contributed by atoms with van der Waals surface area (Å²) in [6.07, 6.45) is 1.06. The summed E-state index contributed by atoms with van der Waals surface area (Å²) in [5, 5.41) is 9.96. The van der Waals surface area contributed by atoms with Gasteiger partial charge >= 0.3 is 6.09 Å². The molecule has 2 aromatic carbocycles. The first-order valence-corrected chi connectivity index (χ1v) is 10.4. The minimum Gasteiger partial charge on any atom is -0.453 e. The summed E-state index contributed by atoms with van der Waals surface area (Å²) in [4.78, 5) is 24.5. The lowest BCUT2D eigenvalue weighted by atomic mass is 9.96. The zero-order valence-corrected chi connectivity index (χ0v) is 17.1. The van der Waals surface area contributed by atoms with Crippen LogP contribution in [0.1, 0.15) is 27.0 Å². The second kappa shape index (κ2) is 8.09. The Hall–Kier alpha value is -3.12. The predicted octanol–water partition coefficient (Wildman–Crippen LogP) is 4.80. The number of nitrogens with one attached hydrogen (secondary N) is 2. The van der Waals surface area contributed by atoms with E-state index < -0.39 is 6.09 Å². The summed E-state index contributed by atoms with van der Waals surface area (Å²) >= 11 is 1.62. The van der Waals surface area contributed by atoms with Gasteiger partial charge in [0.1, 0.15) is 0 Å². The molecule has 0 fully saturated rings. The van der Waals surface area contributed by atoms with Gasteiger partial charge in [-0.1, -0.05) is 18.2 Å². The van der Waals surface area contributed by atoms with Crippen molar-refractivity contribution < 1.29 is 14.3 Å². The van der Waals surface area contributed by atoms with Crippen LogP contribution in [0.15, 0.2) is 53.2 Å². The molecule has 6 heteroatoms. The number of anilines is 1. The molecule has 2 amide bonds. The fourth-order valence-electron chi connectivity index (χ4n) is 3.87. The molecule has 0 aliphatic heterocycles. The number of amides is 2. The van der Waals surface area contributed by atoms with E-state index in [2.05, 4.69) is 20.8 Å². The summed E-state index contributed by atoms with van der Waals surface area (Å²) in [5.74, 6) is -0.128. The SMILES string of the molecule is COC(=O)NC1Cc2ccc(NC(=O)c3cccc(C)c3-c3ccsc3)cc2C1. The quantitative estimate of drug-likeness (QED) is 0.654. The number of carbonyl (C=O) groups is 2. The minimum atomic E-state index is -0.420. The van der Waals surface area contributed by atoms with Crippen LogP contribution in [-0.4, -0.2) is 25.2 Å². The first-order valence-electron chi connectivity index (χ1n) is 9.45. The molecule has 1 aliphatic rings. The molecule has 1 aromatic heterocycles. The highest BCUT2D eigenvalue weighted by atomic mass is 32.1. The average molecular weight is 407 g/mol.